The molecule has 0 amide bonds. The molecule has 132 valence electrons. The average Bonchev–Trinajstić information content (AvgIpc) is 3.26. The molecule has 1 fully saturated rings. The molecule has 0 unspecified atom stereocenters. The van der Waals surface area contributed by atoms with Crippen molar-refractivity contribution in [2.75, 3.05) is 13.1 Å². The molecule has 1 saturated heterocycles. The Kier molecular flexibility index (Phi) is 3.98. The van der Waals surface area contributed by atoms with Crippen molar-refractivity contribution in [2.24, 2.45) is 0 Å². The molecule has 2 aromatic heterocycles. The van der Waals surface area contributed by atoms with Crippen molar-refractivity contribution in [3.63, 3.8) is 0 Å². The Balaban J connectivity index is 1.41. The topological polar surface area (TPSA) is 123 Å². The van der Waals surface area contributed by atoms with Crippen LogP contribution in [0.2, 0.25) is 0 Å². The minimum atomic E-state index is -3.56. The van der Waals surface area contributed by atoms with Gasteiger partial charge in [-0.1, -0.05) is 5.21 Å². The highest BCUT2D eigenvalue weighted by Gasteiger charge is 2.38. The monoisotopic (exact) mass is 370 g/mol. The molecular formula is C15H14N8O2S. The number of rotatable bonds is 5. The maximum Gasteiger partial charge on any atom is 0.243 e. The van der Waals surface area contributed by atoms with E-state index in [2.05, 4.69) is 20.5 Å². The number of aromatic nitrogens is 6. The summed E-state index contributed by atoms with van der Waals surface area (Å²) in [5.41, 5.74) is 1.13. The van der Waals surface area contributed by atoms with E-state index in [0.717, 1.165) is 0 Å². The Bertz CT molecular complexity index is 1040. The lowest BCUT2D eigenvalue weighted by Gasteiger charge is -2.37. The zero-order valence-corrected chi connectivity index (χ0v) is 14.4. The molecule has 3 heterocycles. The van der Waals surface area contributed by atoms with Crippen molar-refractivity contribution in [1.82, 2.24) is 34.3 Å². The van der Waals surface area contributed by atoms with E-state index < -0.39 is 10.0 Å². The minimum absolute atomic E-state index is 0.0602. The van der Waals surface area contributed by atoms with E-state index in [9.17, 15) is 8.42 Å². The van der Waals surface area contributed by atoms with Gasteiger partial charge in [0.2, 0.25) is 10.0 Å². The number of hydrogen-bond donors (Lipinski definition) is 0. The molecule has 3 aromatic rings. The van der Waals surface area contributed by atoms with Crippen LogP contribution in [0.15, 0.2) is 47.8 Å². The Morgan fingerprint density at radius 3 is 2.50 bits per heavy atom. The fourth-order valence-corrected chi connectivity index (χ4v) is 4.18. The summed E-state index contributed by atoms with van der Waals surface area (Å²) in [6, 6.07) is 7.81. The van der Waals surface area contributed by atoms with Gasteiger partial charge in [-0.2, -0.15) is 24.6 Å². The lowest BCUT2D eigenvalue weighted by Crippen LogP contribution is -2.50. The summed E-state index contributed by atoms with van der Waals surface area (Å²) in [4.78, 5) is 1.68. The van der Waals surface area contributed by atoms with Gasteiger partial charge in [-0.25, -0.2) is 13.1 Å². The van der Waals surface area contributed by atoms with Gasteiger partial charge in [-0.05, 0) is 24.3 Å². The molecule has 1 aliphatic heterocycles. The number of nitrogens with zero attached hydrogens (tertiary/aromatic N) is 8. The van der Waals surface area contributed by atoms with E-state index in [1.54, 1.807) is 23.3 Å². The summed E-state index contributed by atoms with van der Waals surface area (Å²) >= 11 is 0. The van der Waals surface area contributed by atoms with E-state index >= 15 is 0 Å². The van der Waals surface area contributed by atoms with E-state index in [1.165, 1.54) is 33.4 Å². The molecule has 1 aliphatic rings. The third-order valence-corrected chi connectivity index (χ3v) is 6.00. The fourth-order valence-electron chi connectivity index (χ4n) is 2.66. The van der Waals surface area contributed by atoms with Crippen LogP contribution in [0, 0.1) is 11.3 Å². The molecule has 4 rings (SSSR count). The summed E-state index contributed by atoms with van der Waals surface area (Å²) in [6.45, 7) is 1.06. The smallest absolute Gasteiger partial charge is 0.243 e. The first-order chi connectivity index (χ1) is 12.6. The minimum Gasteiger partial charge on any atom is -0.246 e. The van der Waals surface area contributed by atoms with Crippen molar-refractivity contribution >= 4 is 10.0 Å². The van der Waals surface area contributed by atoms with Crippen LogP contribution in [0.1, 0.15) is 17.3 Å². The average molecular weight is 370 g/mol. The van der Waals surface area contributed by atoms with Gasteiger partial charge >= 0.3 is 0 Å². The van der Waals surface area contributed by atoms with Crippen LogP contribution in [0.4, 0.5) is 0 Å². The molecule has 10 nitrogen and oxygen atoms in total. The Hall–Kier alpha value is -3.10. The second kappa shape index (κ2) is 6.32. The number of nitriles is 1. The highest BCUT2D eigenvalue weighted by molar-refractivity contribution is 7.89. The Morgan fingerprint density at radius 2 is 1.85 bits per heavy atom. The standard InChI is InChI=1S/C15H14N8O2S/c16-7-12-1-3-15(4-2-12)26(24,25)21-10-14(11-21)22-8-13(19-20-22)9-23-17-5-6-18-23/h1-6,8,14H,9-11H2. The molecule has 11 heteroatoms. The second-order valence-electron chi connectivity index (χ2n) is 5.86. The summed E-state index contributed by atoms with van der Waals surface area (Å²) in [5, 5.41) is 25.0. The maximum absolute atomic E-state index is 12.6. The lowest BCUT2D eigenvalue weighted by molar-refractivity contribution is 0.189. The first-order valence-electron chi connectivity index (χ1n) is 7.81. The van der Waals surface area contributed by atoms with Crippen molar-refractivity contribution in [1.29, 1.82) is 5.26 Å². The number of benzene rings is 1. The zero-order chi connectivity index (χ0) is 18.1. The Morgan fingerprint density at radius 1 is 1.15 bits per heavy atom. The maximum atomic E-state index is 12.6. The molecule has 0 saturated carbocycles. The summed E-state index contributed by atoms with van der Waals surface area (Å²) < 4.78 is 28.2. The Labute approximate surface area is 149 Å². The van der Waals surface area contributed by atoms with Gasteiger partial charge in [0.1, 0.15) is 12.2 Å². The molecule has 0 atom stereocenters. The summed E-state index contributed by atoms with van der Waals surface area (Å²) in [6.07, 6.45) is 4.95. The molecule has 0 N–H and O–H groups in total. The second-order valence-corrected chi connectivity index (χ2v) is 7.80. The molecule has 0 spiro atoms. The van der Waals surface area contributed by atoms with E-state index in [1.807, 2.05) is 6.07 Å². The lowest BCUT2D eigenvalue weighted by atomic mass is 10.2. The van der Waals surface area contributed by atoms with Crippen LogP contribution in [-0.4, -0.2) is 55.8 Å². The van der Waals surface area contributed by atoms with Crippen LogP contribution < -0.4 is 0 Å². The van der Waals surface area contributed by atoms with Crippen molar-refractivity contribution in [3.05, 3.63) is 54.1 Å². The van der Waals surface area contributed by atoms with E-state index in [-0.39, 0.29) is 10.9 Å². The quantitative estimate of drug-likeness (QED) is 0.621. The molecule has 1 aromatic carbocycles. The zero-order valence-electron chi connectivity index (χ0n) is 13.5. The first-order valence-corrected chi connectivity index (χ1v) is 9.25. The molecule has 0 aliphatic carbocycles. The molecule has 26 heavy (non-hydrogen) atoms. The van der Waals surface area contributed by atoms with Crippen molar-refractivity contribution in [3.8, 4) is 6.07 Å². The van der Waals surface area contributed by atoms with Crippen LogP contribution in [-0.2, 0) is 16.6 Å². The van der Waals surface area contributed by atoms with Gasteiger partial charge in [0.05, 0.1) is 41.2 Å². The van der Waals surface area contributed by atoms with Gasteiger partial charge in [-0.15, -0.1) is 5.10 Å². The SMILES string of the molecule is N#Cc1ccc(S(=O)(=O)N2CC(n3cc(Cn4nccn4)nn3)C2)cc1. The number of sulfonamides is 1. The van der Waals surface area contributed by atoms with Gasteiger partial charge in [-0.3, -0.25) is 0 Å². The normalized spacial score (nSPS) is 15.5. The summed E-state index contributed by atoms with van der Waals surface area (Å²) in [5.74, 6) is 0. The first kappa shape index (κ1) is 16.4. The molecule has 0 radical (unpaired) electrons. The van der Waals surface area contributed by atoms with Gasteiger partial charge in [0, 0.05) is 13.1 Å². The predicted molar refractivity (Wildman–Crippen MR) is 88.1 cm³/mol. The molecule has 0 bridgehead atoms. The van der Waals surface area contributed by atoms with Crippen molar-refractivity contribution < 1.29 is 8.42 Å². The van der Waals surface area contributed by atoms with Gasteiger partial charge < -0.3 is 0 Å². The summed E-state index contributed by atoms with van der Waals surface area (Å²) in [7, 11) is -3.56. The van der Waals surface area contributed by atoms with E-state index in [0.29, 0.717) is 30.9 Å². The number of hydrogen-bond acceptors (Lipinski definition) is 7. The van der Waals surface area contributed by atoms with Crippen molar-refractivity contribution in [2.45, 2.75) is 17.5 Å². The fraction of sp³-hybridized carbons (Fsp3) is 0.267. The highest BCUT2D eigenvalue weighted by Crippen LogP contribution is 2.27. The largest absolute Gasteiger partial charge is 0.246 e. The molecular weight excluding hydrogens is 356 g/mol. The van der Waals surface area contributed by atoms with E-state index in [4.69, 9.17) is 5.26 Å². The van der Waals surface area contributed by atoms with Crippen LogP contribution in [0.3, 0.4) is 0 Å². The third kappa shape index (κ3) is 2.96. The predicted octanol–water partition coefficient (Wildman–Crippen LogP) is 0.0352. The van der Waals surface area contributed by atoms with Gasteiger partial charge in [0.25, 0.3) is 0 Å². The van der Waals surface area contributed by atoms with Crippen LogP contribution in [0.25, 0.3) is 0 Å². The third-order valence-electron chi connectivity index (χ3n) is 4.15. The van der Waals surface area contributed by atoms with Crippen LogP contribution in [0.5, 0.6) is 0 Å². The highest BCUT2D eigenvalue weighted by atomic mass is 32.2. The van der Waals surface area contributed by atoms with Crippen LogP contribution >= 0.6 is 0 Å². The van der Waals surface area contributed by atoms with Gasteiger partial charge in [0.15, 0.2) is 0 Å².